The second kappa shape index (κ2) is 7.07. The smallest absolute Gasteiger partial charge is 0.305 e. The lowest BCUT2D eigenvalue weighted by atomic mass is 10.1. The Morgan fingerprint density at radius 2 is 2.19 bits per heavy atom. The molecule has 0 amide bonds. The minimum absolute atomic E-state index is 0.161. The summed E-state index contributed by atoms with van der Waals surface area (Å²) in [5.74, 6) is -0.161. The van der Waals surface area contributed by atoms with E-state index in [2.05, 4.69) is 4.74 Å². The van der Waals surface area contributed by atoms with E-state index in [0.717, 1.165) is 23.4 Å². The summed E-state index contributed by atoms with van der Waals surface area (Å²) < 4.78 is 4.55. The molecule has 16 heavy (non-hydrogen) atoms. The maximum atomic E-state index is 10.8. The number of ether oxygens (including phenoxy) is 1. The third kappa shape index (κ3) is 4.49. The molecule has 0 saturated carbocycles. The fourth-order valence-electron chi connectivity index (χ4n) is 1.29. The van der Waals surface area contributed by atoms with Crippen molar-refractivity contribution in [2.24, 2.45) is 0 Å². The molecule has 1 aromatic rings. The number of methoxy groups -OCH3 is 1. The zero-order valence-corrected chi connectivity index (χ0v) is 10.0. The van der Waals surface area contributed by atoms with E-state index < -0.39 is 0 Å². The molecule has 1 aromatic carbocycles. The van der Waals surface area contributed by atoms with Gasteiger partial charge >= 0.3 is 5.97 Å². The number of hydrogen-bond acceptors (Lipinski definition) is 2. The second-order valence-corrected chi connectivity index (χ2v) is 3.80. The van der Waals surface area contributed by atoms with Crippen molar-refractivity contribution in [2.75, 3.05) is 7.11 Å². The molecule has 0 bridgehead atoms. The van der Waals surface area contributed by atoms with Crippen LogP contribution >= 0.6 is 11.6 Å². The molecule has 0 N–H and O–H groups in total. The zero-order valence-electron chi connectivity index (χ0n) is 9.28. The fourth-order valence-corrected chi connectivity index (χ4v) is 1.49. The van der Waals surface area contributed by atoms with Crippen LogP contribution in [0, 0.1) is 0 Å². The molecule has 0 aliphatic rings. The summed E-state index contributed by atoms with van der Waals surface area (Å²) in [7, 11) is 1.40. The van der Waals surface area contributed by atoms with Crippen molar-refractivity contribution >= 4 is 23.6 Å². The first-order valence-corrected chi connectivity index (χ1v) is 5.59. The van der Waals surface area contributed by atoms with E-state index in [1.165, 1.54) is 7.11 Å². The van der Waals surface area contributed by atoms with E-state index in [0.29, 0.717) is 6.42 Å². The highest BCUT2D eigenvalue weighted by Crippen LogP contribution is 2.16. The quantitative estimate of drug-likeness (QED) is 0.578. The second-order valence-electron chi connectivity index (χ2n) is 3.39. The number of rotatable bonds is 5. The third-order valence-corrected chi connectivity index (χ3v) is 2.53. The topological polar surface area (TPSA) is 26.3 Å². The molecule has 0 unspecified atom stereocenters. The molecular formula is C13H15ClO2. The van der Waals surface area contributed by atoms with Crippen LogP contribution in [-0.2, 0) is 9.53 Å². The van der Waals surface area contributed by atoms with Gasteiger partial charge < -0.3 is 4.74 Å². The molecule has 0 spiro atoms. The minimum atomic E-state index is -0.161. The number of hydrogen-bond donors (Lipinski definition) is 0. The molecule has 86 valence electrons. The standard InChI is InChI=1S/C13H15ClO2/c1-16-13(15)10-4-2-3-7-11-8-5-6-9-12(11)14/h3,5-9H,2,4,10H2,1H3/b7-3+. The molecule has 0 heterocycles. The van der Waals surface area contributed by atoms with Crippen molar-refractivity contribution in [3.8, 4) is 0 Å². The molecule has 0 fully saturated rings. The number of unbranched alkanes of at least 4 members (excludes halogenated alkanes) is 1. The Balaban J connectivity index is 2.33. The maximum Gasteiger partial charge on any atom is 0.305 e. The molecule has 0 atom stereocenters. The predicted octanol–water partition coefficient (Wildman–Crippen LogP) is 3.70. The van der Waals surface area contributed by atoms with Gasteiger partial charge in [0.05, 0.1) is 7.11 Å². The van der Waals surface area contributed by atoms with E-state index in [4.69, 9.17) is 11.6 Å². The Hall–Kier alpha value is -1.28. The highest BCUT2D eigenvalue weighted by atomic mass is 35.5. The number of benzene rings is 1. The summed E-state index contributed by atoms with van der Waals surface area (Å²) in [4.78, 5) is 10.8. The maximum absolute atomic E-state index is 10.8. The Bertz CT molecular complexity index is 372. The zero-order chi connectivity index (χ0) is 11.8. The first-order valence-electron chi connectivity index (χ1n) is 5.22. The summed E-state index contributed by atoms with van der Waals surface area (Å²) in [6.07, 6.45) is 6.10. The fraction of sp³-hybridized carbons (Fsp3) is 0.308. The Labute approximate surface area is 101 Å². The lowest BCUT2D eigenvalue weighted by molar-refractivity contribution is -0.140. The summed E-state index contributed by atoms with van der Waals surface area (Å²) in [5, 5.41) is 0.742. The highest BCUT2D eigenvalue weighted by Gasteiger charge is 1.97. The van der Waals surface area contributed by atoms with Gasteiger partial charge in [-0.1, -0.05) is 42.0 Å². The van der Waals surface area contributed by atoms with Crippen LogP contribution in [0.5, 0.6) is 0 Å². The SMILES string of the molecule is COC(=O)CCC/C=C/c1ccccc1Cl. The average Bonchev–Trinajstić information content (AvgIpc) is 2.30. The molecule has 3 heteroatoms. The minimum Gasteiger partial charge on any atom is -0.469 e. The van der Waals surface area contributed by atoms with Gasteiger partial charge in [-0.05, 0) is 24.5 Å². The molecular weight excluding hydrogens is 224 g/mol. The van der Waals surface area contributed by atoms with Crippen LogP contribution in [0.2, 0.25) is 5.02 Å². The predicted molar refractivity (Wildman–Crippen MR) is 66.4 cm³/mol. The summed E-state index contributed by atoms with van der Waals surface area (Å²) in [5.41, 5.74) is 1.00. The van der Waals surface area contributed by atoms with Crippen molar-refractivity contribution in [3.63, 3.8) is 0 Å². The van der Waals surface area contributed by atoms with Crippen LogP contribution in [-0.4, -0.2) is 13.1 Å². The molecule has 0 radical (unpaired) electrons. The van der Waals surface area contributed by atoms with Crippen LogP contribution in [0.1, 0.15) is 24.8 Å². The number of esters is 1. The van der Waals surface area contributed by atoms with Crippen molar-refractivity contribution in [2.45, 2.75) is 19.3 Å². The van der Waals surface area contributed by atoms with Gasteiger partial charge in [0.2, 0.25) is 0 Å². The van der Waals surface area contributed by atoms with Gasteiger partial charge in [-0.3, -0.25) is 4.79 Å². The van der Waals surface area contributed by atoms with Gasteiger partial charge in [0, 0.05) is 11.4 Å². The van der Waals surface area contributed by atoms with Crippen molar-refractivity contribution < 1.29 is 9.53 Å². The van der Waals surface area contributed by atoms with E-state index >= 15 is 0 Å². The van der Waals surface area contributed by atoms with Crippen LogP contribution in [0.4, 0.5) is 0 Å². The first-order chi connectivity index (χ1) is 7.74. The molecule has 0 saturated heterocycles. The van der Waals surface area contributed by atoms with Crippen molar-refractivity contribution in [1.82, 2.24) is 0 Å². The van der Waals surface area contributed by atoms with Crippen LogP contribution in [0.25, 0.3) is 6.08 Å². The molecule has 1 rings (SSSR count). The number of carbonyl (C=O) groups is 1. The van der Waals surface area contributed by atoms with Crippen molar-refractivity contribution in [3.05, 3.63) is 40.9 Å². The monoisotopic (exact) mass is 238 g/mol. The Kier molecular flexibility index (Phi) is 5.65. The highest BCUT2D eigenvalue weighted by molar-refractivity contribution is 6.32. The van der Waals surface area contributed by atoms with Crippen LogP contribution in [0.15, 0.2) is 30.3 Å². The Morgan fingerprint density at radius 1 is 1.44 bits per heavy atom. The van der Waals surface area contributed by atoms with Gasteiger partial charge in [0.15, 0.2) is 0 Å². The van der Waals surface area contributed by atoms with E-state index in [1.54, 1.807) is 0 Å². The molecule has 0 aliphatic heterocycles. The van der Waals surface area contributed by atoms with Crippen LogP contribution in [0.3, 0.4) is 0 Å². The van der Waals surface area contributed by atoms with E-state index in [-0.39, 0.29) is 5.97 Å². The lowest BCUT2D eigenvalue weighted by Crippen LogP contribution is -1.98. The average molecular weight is 239 g/mol. The number of halogens is 1. The molecule has 0 aromatic heterocycles. The van der Waals surface area contributed by atoms with E-state index in [1.807, 2.05) is 36.4 Å². The molecule has 0 aliphatic carbocycles. The number of carbonyl (C=O) groups excluding carboxylic acids is 1. The Morgan fingerprint density at radius 3 is 2.88 bits per heavy atom. The van der Waals surface area contributed by atoms with Gasteiger partial charge in [-0.2, -0.15) is 0 Å². The summed E-state index contributed by atoms with van der Waals surface area (Å²) in [6, 6.07) is 7.66. The van der Waals surface area contributed by atoms with Gasteiger partial charge in [0.25, 0.3) is 0 Å². The number of allylic oxidation sites excluding steroid dienone is 1. The van der Waals surface area contributed by atoms with Gasteiger partial charge in [-0.15, -0.1) is 0 Å². The van der Waals surface area contributed by atoms with Gasteiger partial charge in [-0.25, -0.2) is 0 Å². The van der Waals surface area contributed by atoms with E-state index in [9.17, 15) is 4.79 Å². The van der Waals surface area contributed by atoms with Crippen LogP contribution < -0.4 is 0 Å². The first kappa shape index (κ1) is 12.8. The molecule has 2 nitrogen and oxygen atoms in total. The van der Waals surface area contributed by atoms with Gasteiger partial charge in [0.1, 0.15) is 0 Å². The third-order valence-electron chi connectivity index (χ3n) is 2.18. The lowest BCUT2D eigenvalue weighted by Gasteiger charge is -1.97. The summed E-state index contributed by atoms with van der Waals surface area (Å²) >= 11 is 5.98. The normalized spacial score (nSPS) is 10.6. The largest absolute Gasteiger partial charge is 0.469 e. The summed E-state index contributed by atoms with van der Waals surface area (Å²) in [6.45, 7) is 0. The van der Waals surface area contributed by atoms with Crippen molar-refractivity contribution in [1.29, 1.82) is 0 Å².